The number of anilines is 1. The van der Waals surface area contributed by atoms with Crippen molar-refractivity contribution >= 4 is 108 Å². The fraction of sp³-hybridized carbons (Fsp3) is 0.0233. The average Bonchev–Trinajstić information content (AvgIpc) is 3.31. The fourth-order valence-corrected chi connectivity index (χ4v) is 9.19. The minimum absolute atomic E-state index is 0. The second kappa shape index (κ2) is 25.6. The molecule has 0 bridgehead atoms. The van der Waals surface area contributed by atoms with Crippen molar-refractivity contribution in [1.82, 2.24) is 0 Å². The Labute approximate surface area is 505 Å². The molecule has 1 radical (unpaired) electrons. The maximum Gasteiger partial charge on any atom is 3.00 e. The van der Waals surface area contributed by atoms with Crippen LogP contribution in [0.3, 0.4) is 0 Å². The number of hydrogen-bond acceptors (Lipinski definition) is 22. The van der Waals surface area contributed by atoms with Crippen molar-refractivity contribution in [2.45, 2.75) is 21.6 Å². The molecule has 8 rings (SSSR count). The van der Waals surface area contributed by atoms with Gasteiger partial charge in [0, 0.05) is 45.8 Å². The molecule has 0 heterocycles. The van der Waals surface area contributed by atoms with Gasteiger partial charge >= 0.3 is 106 Å². The van der Waals surface area contributed by atoms with Crippen LogP contribution in [0.25, 0.3) is 32.3 Å². The van der Waals surface area contributed by atoms with Gasteiger partial charge in [0.2, 0.25) is 0 Å². The summed E-state index contributed by atoms with van der Waals surface area (Å²) in [6.07, 6.45) is 0. The van der Waals surface area contributed by atoms with E-state index in [9.17, 15) is 85.1 Å². The summed E-state index contributed by atoms with van der Waals surface area (Å²) in [7, 11) is -14.6. The van der Waals surface area contributed by atoms with Crippen LogP contribution in [0.4, 0.5) is 45.5 Å². The standard InChI is InChI=1S/C23H17N5O11S2.C20H13N3O7S.Cr.3Na/c1-12-2-6-16(7-3-12)40(35,36)26-14-5-4-13-8-20(41(37,38)39)21(22(29)17(13)9-14)25-24-18-10-15(27(31)32)11-19(23(18)30)28(33)34;24-16-8-5-11-3-1-2-4-13(11)19(16)21-22-20-14-7-6-12(23(26)27)9-15(14)18(10-17(20)25)31(28,29)30;;;;/h2-11,26,29-30H,1H3,(H,37,38,39);1-10,24-25H,(H,28,29,30);;;;/q;;+3;3*+1/p-6. The van der Waals surface area contributed by atoms with E-state index < -0.39 is 106 Å². The van der Waals surface area contributed by atoms with E-state index in [1.807, 2.05) is 0 Å². The largest absolute Gasteiger partial charge is 3.00 e. The first-order chi connectivity index (χ1) is 33.7. The summed E-state index contributed by atoms with van der Waals surface area (Å²) in [6.45, 7) is 1.76. The zero-order chi connectivity index (χ0) is 52.6. The third-order valence-electron chi connectivity index (χ3n) is 10.2. The van der Waals surface area contributed by atoms with E-state index in [4.69, 9.17) is 0 Å². The number of azo groups is 2. The normalized spacial score (nSPS) is 11.4. The third-order valence-corrected chi connectivity index (χ3v) is 13.3. The summed E-state index contributed by atoms with van der Waals surface area (Å²) in [5.74, 6) is -4.05. The Hall–Kier alpha value is -5.76. The number of nitrogens with zero attached hydrogens (tertiary/aromatic N) is 7. The Morgan fingerprint density at radius 1 is 0.487 bits per heavy atom. The van der Waals surface area contributed by atoms with Crippen LogP contribution in [-0.2, 0) is 47.6 Å². The van der Waals surface area contributed by atoms with Gasteiger partial charge in [0.1, 0.15) is 20.2 Å². The number of aryl methyl sites for hydroxylation is 1. The van der Waals surface area contributed by atoms with Crippen molar-refractivity contribution in [2.75, 3.05) is 4.72 Å². The van der Waals surface area contributed by atoms with Crippen molar-refractivity contribution in [3.8, 4) is 23.0 Å². The minimum Gasteiger partial charge on any atom is -0.871 e. The number of rotatable bonds is 12. The molecule has 0 fully saturated rings. The van der Waals surface area contributed by atoms with Gasteiger partial charge in [0.25, 0.3) is 27.1 Å². The second-order valence-electron chi connectivity index (χ2n) is 14.9. The Balaban J connectivity index is 0.000000392. The zero-order valence-electron chi connectivity index (χ0n) is 39.2. The van der Waals surface area contributed by atoms with E-state index in [2.05, 4.69) is 25.2 Å². The SMILES string of the molecule is Cc1ccc(S(=O)(=O)Nc2ccc3cc(S(=O)(=O)[O-])c(N=Nc4cc([N+](=O)[O-])cc([N+](=O)[O-])c4[O-])c([O-])c3c2)cc1.O=[N+]([O-])c1ccc2c(N=Nc3c([O-])ccc4ccccc34)c([O-])cc(S(=O)(=O)[O-])c2c1.[Cr+3].[Na+].[Na+].[Na+]. The van der Waals surface area contributed by atoms with E-state index in [1.165, 1.54) is 30.3 Å². The van der Waals surface area contributed by atoms with Gasteiger partial charge in [-0.1, -0.05) is 77.4 Å². The quantitative estimate of drug-likeness (QED) is 0.0438. The predicted octanol–water partition coefficient (Wildman–Crippen LogP) is -2.39. The van der Waals surface area contributed by atoms with Crippen LogP contribution in [0.1, 0.15) is 5.56 Å². The molecule has 33 heteroatoms. The van der Waals surface area contributed by atoms with Crippen molar-refractivity contribution in [3.63, 3.8) is 0 Å². The molecule has 26 nitrogen and oxygen atoms in total. The topological polar surface area (TPSA) is 432 Å². The Kier molecular flexibility index (Phi) is 21.7. The Morgan fingerprint density at radius 3 is 1.66 bits per heavy atom. The van der Waals surface area contributed by atoms with Crippen molar-refractivity contribution in [2.24, 2.45) is 20.5 Å². The van der Waals surface area contributed by atoms with Gasteiger partial charge in [-0.25, -0.2) is 25.3 Å². The number of benzene rings is 8. The van der Waals surface area contributed by atoms with Crippen molar-refractivity contribution in [3.05, 3.63) is 157 Å². The number of non-ortho nitro benzene ring substituents is 2. The molecule has 0 amide bonds. The van der Waals surface area contributed by atoms with Crippen molar-refractivity contribution in [1.29, 1.82) is 0 Å². The first-order valence-corrected chi connectivity index (χ1v) is 23.9. The molecule has 0 spiro atoms. The van der Waals surface area contributed by atoms with Crippen LogP contribution in [0, 0.1) is 37.3 Å². The van der Waals surface area contributed by atoms with Crippen molar-refractivity contribution < 1.29 is 176 Å². The summed E-state index contributed by atoms with van der Waals surface area (Å²) < 4.78 is 98.4. The molecule has 76 heavy (non-hydrogen) atoms. The van der Waals surface area contributed by atoms with Gasteiger partial charge in [-0.15, -0.1) is 5.11 Å². The van der Waals surface area contributed by atoms with Gasteiger partial charge in [-0.05, 0) is 65.5 Å². The van der Waals surface area contributed by atoms with Gasteiger partial charge < -0.3 is 29.5 Å². The monoisotopic (exact) mass is 1160 g/mol. The smallest absolute Gasteiger partial charge is 0.871 e. The number of fused-ring (bicyclic) bond motifs is 3. The van der Waals surface area contributed by atoms with Gasteiger partial charge in [-0.2, -0.15) is 15.3 Å². The average molecular weight is 1160 g/mol. The molecule has 8 aromatic carbocycles. The van der Waals surface area contributed by atoms with E-state index in [0.717, 1.165) is 35.9 Å². The number of nitro benzene ring substituents is 3. The molecular formula is C43H24CrN8Na3O18S3. The molecule has 0 aliphatic rings. The molecule has 0 unspecified atom stereocenters. The van der Waals surface area contributed by atoms with Crippen LogP contribution < -0.4 is 114 Å². The van der Waals surface area contributed by atoms with Crippen LogP contribution in [0.2, 0.25) is 0 Å². The molecule has 0 saturated carbocycles. The number of nitro groups is 3. The zero-order valence-corrected chi connectivity index (χ0v) is 48.9. The van der Waals surface area contributed by atoms with Crippen LogP contribution in [0.15, 0.2) is 156 Å². The predicted molar refractivity (Wildman–Crippen MR) is 242 cm³/mol. The first-order valence-electron chi connectivity index (χ1n) is 19.6. The number of nitrogens with one attached hydrogen (secondary N) is 1. The number of hydrogen-bond donors (Lipinski definition) is 1. The molecular weight excluding hydrogens is 1130 g/mol. The Bertz CT molecular complexity index is 4050. The summed E-state index contributed by atoms with van der Waals surface area (Å²) in [5, 5.41) is 98.5. The molecule has 371 valence electrons. The molecule has 0 aliphatic heterocycles. The third kappa shape index (κ3) is 14.2. The molecule has 8 aromatic rings. The van der Waals surface area contributed by atoms with E-state index in [1.54, 1.807) is 49.4 Å². The van der Waals surface area contributed by atoms with Crippen LogP contribution >= 0.6 is 0 Å². The van der Waals surface area contributed by atoms with Gasteiger partial charge in [-0.3, -0.25) is 35.1 Å². The molecule has 1 N–H and O–H groups in total. The van der Waals surface area contributed by atoms with Crippen LogP contribution in [-0.4, -0.2) is 49.1 Å². The van der Waals surface area contributed by atoms with Gasteiger partial charge in [0.05, 0.1) is 58.3 Å². The minimum atomic E-state index is -5.39. The summed E-state index contributed by atoms with van der Waals surface area (Å²) in [5.41, 5.74) is -4.44. The molecule has 0 atom stereocenters. The van der Waals surface area contributed by atoms with E-state index in [0.29, 0.717) is 29.0 Å². The maximum absolute atomic E-state index is 13.2. The fourth-order valence-electron chi connectivity index (χ4n) is 6.81. The summed E-state index contributed by atoms with van der Waals surface area (Å²) >= 11 is 0. The number of sulfonamides is 1. The molecule has 0 aliphatic carbocycles. The van der Waals surface area contributed by atoms with Gasteiger partial charge in [0.15, 0.2) is 0 Å². The maximum atomic E-state index is 13.2. The van der Waals surface area contributed by atoms with Crippen LogP contribution in [0.5, 0.6) is 23.0 Å². The Morgan fingerprint density at radius 2 is 1.07 bits per heavy atom. The summed E-state index contributed by atoms with van der Waals surface area (Å²) in [6, 6.07) is 24.2. The molecule has 0 saturated heterocycles. The summed E-state index contributed by atoms with van der Waals surface area (Å²) in [4.78, 5) is 28.1. The second-order valence-corrected chi connectivity index (χ2v) is 19.3. The van der Waals surface area contributed by atoms with E-state index in [-0.39, 0.29) is 150 Å². The van der Waals surface area contributed by atoms with E-state index >= 15 is 0 Å². The molecule has 0 aromatic heterocycles. The first kappa shape index (κ1) is 64.5.